The van der Waals surface area contributed by atoms with Crippen molar-refractivity contribution in [1.82, 2.24) is 0 Å². The van der Waals surface area contributed by atoms with Crippen LogP contribution in [0.15, 0.2) is 40.9 Å². The average Bonchev–Trinajstić information content (AvgIpc) is 2.30. The van der Waals surface area contributed by atoms with Crippen LogP contribution in [-0.4, -0.2) is 11.1 Å². The molecule has 0 saturated carbocycles. The van der Waals surface area contributed by atoms with Crippen LogP contribution in [0.3, 0.4) is 0 Å². The third-order valence-electron chi connectivity index (χ3n) is 2.50. The Balaban J connectivity index is 2.37. The average molecular weight is 325 g/mol. The van der Waals surface area contributed by atoms with Crippen LogP contribution in [0.2, 0.25) is 0 Å². The Morgan fingerprint density at radius 1 is 1.26 bits per heavy atom. The maximum atomic E-state index is 13.2. The van der Waals surface area contributed by atoms with Crippen LogP contribution in [0, 0.1) is 12.7 Å². The van der Waals surface area contributed by atoms with Crippen LogP contribution in [0.5, 0.6) is 11.5 Å². The predicted molar refractivity (Wildman–Crippen MR) is 72.3 cm³/mol. The molecular formula is C14H10BrFO3. The molecule has 98 valence electrons. The van der Waals surface area contributed by atoms with Crippen molar-refractivity contribution in [3.05, 3.63) is 57.8 Å². The van der Waals surface area contributed by atoms with Crippen LogP contribution in [-0.2, 0) is 0 Å². The number of benzene rings is 2. The molecule has 2 rings (SSSR count). The summed E-state index contributed by atoms with van der Waals surface area (Å²) < 4.78 is 19.3. The minimum absolute atomic E-state index is 0.121. The van der Waals surface area contributed by atoms with E-state index in [2.05, 4.69) is 15.9 Å². The summed E-state index contributed by atoms with van der Waals surface area (Å²) in [5.74, 6) is -0.781. The fourth-order valence-electron chi connectivity index (χ4n) is 1.56. The summed E-state index contributed by atoms with van der Waals surface area (Å²) in [6, 6.07) is 8.70. The maximum absolute atomic E-state index is 13.2. The lowest BCUT2D eigenvalue weighted by atomic mass is 10.1. The fraction of sp³-hybridized carbons (Fsp3) is 0.0714. The number of ether oxygens (including phenoxy) is 1. The second-order valence-corrected chi connectivity index (χ2v) is 4.91. The molecule has 3 nitrogen and oxygen atoms in total. The molecule has 0 aliphatic carbocycles. The van der Waals surface area contributed by atoms with Crippen molar-refractivity contribution in [2.75, 3.05) is 0 Å². The van der Waals surface area contributed by atoms with Gasteiger partial charge in [-0.3, -0.25) is 0 Å². The first kappa shape index (κ1) is 13.5. The Bertz CT molecular complexity index is 620. The standard InChI is InChI=1S/C14H10BrFO3/c1-8-2-3-9(14(17)18)4-13(8)19-12-6-10(15)5-11(16)7-12/h2-7H,1H3,(H,17,18). The van der Waals surface area contributed by atoms with E-state index in [1.54, 1.807) is 19.1 Å². The summed E-state index contributed by atoms with van der Waals surface area (Å²) in [5, 5.41) is 8.93. The highest BCUT2D eigenvalue weighted by Gasteiger charge is 2.09. The summed E-state index contributed by atoms with van der Waals surface area (Å²) in [7, 11) is 0. The number of hydrogen-bond acceptors (Lipinski definition) is 2. The monoisotopic (exact) mass is 324 g/mol. The van der Waals surface area contributed by atoms with Crippen molar-refractivity contribution >= 4 is 21.9 Å². The van der Waals surface area contributed by atoms with Gasteiger partial charge >= 0.3 is 5.97 Å². The zero-order chi connectivity index (χ0) is 14.0. The van der Waals surface area contributed by atoms with E-state index < -0.39 is 11.8 Å². The molecule has 0 saturated heterocycles. The molecule has 19 heavy (non-hydrogen) atoms. The molecule has 0 spiro atoms. The summed E-state index contributed by atoms with van der Waals surface area (Å²) in [6.07, 6.45) is 0. The van der Waals surface area contributed by atoms with Crippen molar-refractivity contribution in [3.63, 3.8) is 0 Å². The lowest BCUT2D eigenvalue weighted by Crippen LogP contribution is -1.97. The minimum atomic E-state index is -1.04. The quantitative estimate of drug-likeness (QED) is 0.910. The van der Waals surface area contributed by atoms with E-state index in [1.807, 2.05) is 0 Å². The highest BCUT2D eigenvalue weighted by atomic mass is 79.9. The molecule has 0 aliphatic heterocycles. The Kier molecular flexibility index (Phi) is 3.85. The van der Waals surface area contributed by atoms with Gasteiger partial charge in [-0.1, -0.05) is 22.0 Å². The van der Waals surface area contributed by atoms with Crippen molar-refractivity contribution in [1.29, 1.82) is 0 Å². The van der Waals surface area contributed by atoms with E-state index in [0.717, 1.165) is 5.56 Å². The Labute approximate surface area is 117 Å². The molecular weight excluding hydrogens is 315 g/mol. The summed E-state index contributed by atoms with van der Waals surface area (Å²) in [4.78, 5) is 10.9. The predicted octanol–water partition coefficient (Wildman–Crippen LogP) is 4.39. The lowest BCUT2D eigenvalue weighted by molar-refractivity contribution is 0.0696. The number of carboxylic acid groups (broad SMARTS) is 1. The smallest absolute Gasteiger partial charge is 0.335 e. The molecule has 5 heteroatoms. The second kappa shape index (κ2) is 5.40. The van der Waals surface area contributed by atoms with Gasteiger partial charge in [0.15, 0.2) is 0 Å². The van der Waals surface area contributed by atoms with Crippen LogP contribution >= 0.6 is 15.9 Å². The number of aromatic carboxylic acids is 1. The normalized spacial score (nSPS) is 10.3. The van der Waals surface area contributed by atoms with Gasteiger partial charge in [0, 0.05) is 10.5 Å². The molecule has 0 aromatic heterocycles. The van der Waals surface area contributed by atoms with Gasteiger partial charge in [0.05, 0.1) is 5.56 Å². The number of carboxylic acids is 1. The van der Waals surface area contributed by atoms with Gasteiger partial charge in [-0.25, -0.2) is 9.18 Å². The number of carbonyl (C=O) groups is 1. The maximum Gasteiger partial charge on any atom is 0.335 e. The third-order valence-corrected chi connectivity index (χ3v) is 2.96. The molecule has 0 unspecified atom stereocenters. The van der Waals surface area contributed by atoms with Crippen molar-refractivity contribution in [2.24, 2.45) is 0 Å². The van der Waals surface area contributed by atoms with Gasteiger partial charge in [0.25, 0.3) is 0 Å². The fourth-order valence-corrected chi connectivity index (χ4v) is 2.00. The summed E-state index contributed by atoms with van der Waals surface area (Å²) in [6.45, 7) is 1.79. The zero-order valence-corrected chi connectivity index (χ0v) is 11.6. The largest absolute Gasteiger partial charge is 0.478 e. The molecule has 0 amide bonds. The van der Waals surface area contributed by atoms with Gasteiger partial charge < -0.3 is 9.84 Å². The van der Waals surface area contributed by atoms with E-state index >= 15 is 0 Å². The second-order valence-electron chi connectivity index (χ2n) is 3.99. The zero-order valence-electron chi connectivity index (χ0n) is 9.98. The van der Waals surface area contributed by atoms with E-state index in [9.17, 15) is 9.18 Å². The van der Waals surface area contributed by atoms with E-state index in [-0.39, 0.29) is 5.56 Å². The molecule has 0 fully saturated rings. The van der Waals surface area contributed by atoms with Crippen LogP contribution < -0.4 is 4.74 Å². The Morgan fingerprint density at radius 3 is 2.63 bits per heavy atom. The topological polar surface area (TPSA) is 46.5 Å². The molecule has 2 aromatic carbocycles. The van der Waals surface area contributed by atoms with E-state index in [1.165, 1.54) is 24.3 Å². The molecule has 0 heterocycles. The van der Waals surface area contributed by atoms with Gasteiger partial charge in [-0.15, -0.1) is 0 Å². The SMILES string of the molecule is Cc1ccc(C(=O)O)cc1Oc1cc(F)cc(Br)c1. The first-order chi connectivity index (χ1) is 8.95. The first-order valence-corrected chi connectivity index (χ1v) is 6.23. The van der Waals surface area contributed by atoms with Crippen molar-refractivity contribution < 1.29 is 19.0 Å². The Hall–Kier alpha value is -1.88. The molecule has 0 radical (unpaired) electrons. The van der Waals surface area contributed by atoms with Gasteiger partial charge in [0.1, 0.15) is 17.3 Å². The summed E-state index contributed by atoms with van der Waals surface area (Å²) >= 11 is 3.17. The number of aryl methyl sites for hydroxylation is 1. The van der Waals surface area contributed by atoms with E-state index in [0.29, 0.717) is 16.0 Å². The van der Waals surface area contributed by atoms with Gasteiger partial charge in [0.2, 0.25) is 0 Å². The minimum Gasteiger partial charge on any atom is -0.478 e. The lowest BCUT2D eigenvalue weighted by Gasteiger charge is -2.10. The third kappa shape index (κ3) is 3.32. The van der Waals surface area contributed by atoms with Gasteiger partial charge in [-0.2, -0.15) is 0 Å². The van der Waals surface area contributed by atoms with Crippen molar-refractivity contribution in [2.45, 2.75) is 6.92 Å². The number of rotatable bonds is 3. The highest BCUT2D eigenvalue weighted by Crippen LogP contribution is 2.29. The molecule has 0 bridgehead atoms. The van der Waals surface area contributed by atoms with Crippen molar-refractivity contribution in [3.8, 4) is 11.5 Å². The molecule has 0 aliphatic rings. The number of hydrogen-bond donors (Lipinski definition) is 1. The highest BCUT2D eigenvalue weighted by molar-refractivity contribution is 9.10. The van der Waals surface area contributed by atoms with Crippen LogP contribution in [0.25, 0.3) is 0 Å². The Morgan fingerprint density at radius 2 is 2.00 bits per heavy atom. The van der Waals surface area contributed by atoms with Crippen LogP contribution in [0.4, 0.5) is 4.39 Å². The van der Waals surface area contributed by atoms with Gasteiger partial charge in [-0.05, 0) is 36.8 Å². The molecule has 0 atom stereocenters. The first-order valence-electron chi connectivity index (χ1n) is 5.43. The molecule has 2 aromatic rings. The van der Waals surface area contributed by atoms with E-state index in [4.69, 9.17) is 9.84 Å². The summed E-state index contributed by atoms with van der Waals surface area (Å²) in [5.41, 5.74) is 0.890. The van der Waals surface area contributed by atoms with Crippen LogP contribution in [0.1, 0.15) is 15.9 Å². The molecule has 1 N–H and O–H groups in total. The number of halogens is 2.